The SMILES string of the molecule is Cc1ccc(-c2nnn(CC(=O)N(CCCN3CCOCC3)[C@H](C(=O)NC[C@H]3CCCO3)c3ccc(F)cc3)n2)o1. The maximum absolute atomic E-state index is 13.9. The minimum Gasteiger partial charge on any atom is -0.458 e. The standard InChI is InChI=1S/C28H36FN7O5/c1-20-5-10-24(41-20)27-31-33-36(32-27)19-25(37)35(12-3-11-34-13-16-39-17-14-34)26(21-6-8-22(29)9-7-21)28(38)30-18-23-4-2-15-40-23/h5-10,23,26H,2-4,11-19H2,1H3,(H,30,38)/t23-,26+/m1/s1. The van der Waals surface area contributed by atoms with Gasteiger partial charge in [0.15, 0.2) is 5.76 Å². The van der Waals surface area contributed by atoms with Crippen molar-refractivity contribution in [3.63, 3.8) is 0 Å². The van der Waals surface area contributed by atoms with E-state index in [1.54, 1.807) is 24.3 Å². The number of rotatable bonds is 12. The number of halogens is 1. The topological polar surface area (TPSA) is 128 Å². The summed E-state index contributed by atoms with van der Waals surface area (Å²) in [7, 11) is 0. The molecule has 2 aromatic heterocycles. The van der Waals surface area contributed by atoms with E-state index < -0.39 is 11.9 Å². The molecule has 2 aliphatic heterocycles. The summed E-state index contributed by atoms with van der Waals surface area (Å²) < 4.78 is 30.5. The summed E-state index contributed by atoms with van der Waals surface area (Å²) in [6.45, 7) is 6.58. The number of nitrogens with zero attached hydrogens (tertiary/aromatic N) is 6. The van der Waals surface area contributed by atoms with Crippen molar-refractivity contribution in [3.05, 3.63) is 53.5 Å². The van der Waals surface area contributed by atoms with Crippen molar-refractivity contribution in [1.82, 2.24) is 35.3 Å². The highest BCUT2D eigenvalue weighted by Gasteiger charge is 2.32. The molecule has 5 rings (SSSR count). The zero-order valence-electron chi connectivity index (χ0n) is 23.2. The highest BCUT2D eigenvalue weighted by Crippen LogP contribution is 2.24. The summed E-state index contributed by atoms with van der Waals surface area (Å²) >= 11 is 0. The van der Waals surface area contributed by atoms with Gasteiger partial charge in [0.05, 0.1) is 19.3 Å². The Balaban J connectivity index is 1.36. The van der Waals surface area contributed by atoms with Crippen molar-refractivity contribution >= 4 is 11.8 Å². The predicted octanol–water partition coefficient (Wildman–Crippen LogP) is 1.97. The molecule has 0 unspecified atom stereocenters. The number of carbonyl (C=O) groups is 2. The first-order valence-corrected chi connectivity index (χ1v) is 14.1. The van der Waals surface area contributed by atoms with Crippen molar-refractivity contribution in [3.8, 4) is 11.6 Å². The van der Waals surface area contributed by atoms with Gasteiger partial charge in [-0.15, -0.1) is 10.2 Å². The second kappa shape index (κ2) is 13.8. The van der Waals surface area contributed by atoms with Crippen LogP contribution >= 0.6 is 0 Å². The van der Waals surface area contributed by atoms with Gasteiger partial charge in [-0.1, -0.05) is 12.1 Å². The maximum atomic E-state index is 13.9. The first-order valence-electron chi connectivity index (χ1n) is 14.1. The summed E-state index contributed by atoms with van der Waals surface area (Å²) in [5.41, 5.74) is 0.509. The van der Waals surface area contributed by atoms with Crippen molar-refractivity contribution in [1.29, 1.82) is 0 Å². The van der Waals surface area contributed by atoms with E-state index >= 15 is 0 Å². The lowest BCUT2D eigenvalue weighted by molar-refractivity contribution is -0.142. The van der Waals surface area contributed by atoms with Crippen molar-refractivity contribution < 1.29 is 27.9 Å². The molecule has 13 heteroatoms. The number of carbonyl (C=O) groups excluding carboxylic acids is 2. The van der Waals surface area contributed by atoms with Gasteiger partial charge in [-0.05, 0) is 61.2 Å². The largest absolute Gasteiger partial charge is 0.458 e. The van der Waals surface area contributed by atoms with E-state index in [2.05, 4.69) is 25.6 Å². The summed E-state index contributed by atoms with van der Waals surface area (Å²) in [4.78, 5) is 32.5. The van der Waals surface area contributed by atoms with Crippen LogP contribution in [0.25, 0.3) is 11.6 Å². The number of hydrogen-bond acceptors (Lipinski definition) is 9. The average Bonchev–Trinajstić information content (AvgIpc) is 3.75. The number of benzene rings is 1. The second-order valence-corrected chi connectivity index (χ2v) is 10.3. The summed E-state index contributed by atoms with van der Waals surface area (Å²) in [6.07, 6.45) is 2.36. The lowest BCUT2D eigenvalue weighted by Crippen LogP contribution is -2.47. The quantitative estimate of drug-likeness (QED) is 0.348. The van der Waals surface area contributed by atoms with Gasteiger partial charge in [0.25, 0.3) is 0 Å². The maximum Gasteiger partial charge on any atom is 0.247 e. The summed E-state index contributed by atoms with van der Waals surface area (Å²) in [5, 5.41) is 15.3. The summed E-state index contributed by atoms with van der Waals surface area (Å²) in [5.74, 6) is 0.258. The van der Waals surface area contributed by atoms with E-state index in [-0.39, 0.29) is 30.3 Å². The molecule has 0 radical (unpaired) electrons. The van der Waals surface area contributed by atoms with E-state index in [0.29, 0.717) is 56.4 Å². The van der Waals surface area contributed by atoms with Gasteiger partial charge in [0.1, 0.15) is 24.2 Å². The Labute approximate surface area is 237 Å². The molecule has 2 fully saturated rings. The van der Waals surface area contributed by atoms with Gasteiger partial charge >= 0.3 is 0 Å². The van der Waals surface area contributed by atoms with Crippen LogP contribution in [0.4, 0.5) is 4.39 Å². The molecule has 4 heterocycles. The van der Waals surface area contributed by atoms with Gasteiger partial charge in [-0.25, -0.2) is 4.39 Å². The summed E-state index contributed by atoms with van der Waals surface area (Å²) in [6, 6.07) is 8.22. The third kappa shape index (κ3) is 7.75. The molecule has 0 spiro atoms. The molecule has 2 saturated heterocycles. The molecule has 2 aliphatic rings. The lowest BCUT2D eigenvalue weighted by Gasteiger charge is -2.33. The number of nitrogens with one attached hydrogen (secondary N) is 1. The molecule has 3 aromatic rings. The fourth-order valence-electron chi connectivity index (χ4n) is 5.10. The molecule has 220 valence electrons. The van der Waals surface area contributed by atoms with Crippen molar-refractivity contribution in [2.24, 2.45) is 0 Å². The van der Waals surface area contributed by atoms with Gasteiger partial charge in [-0.2, -0.15) is 4.80 Å². The number of ether oxygens (including phenoxy) is 2. The first kappa shape index (κ1) is 28.8. The predicted molar refractivity (Wildman–Crippen MR) is 145 cm³/mol. The van der Waals surface area contributed by atoms with E-state index in [9.17, 15) is 14.0 Å². The molecule has 2 atom stereocenters. The van der Waals surface area contributed by atoms with Crippen LogP contribution in [0.5, 0.6) is 0 Å². The van der Waals surface area contributed by atoms with E-state index in [0.717, 1.165) is 32.5 Å². The molecular weight excluding hydrogens is 533 g/mol. The van der Waals surface area contributed by atoms with E-state index in [1.165, 1.54) is 21.8 Å². The Hall–Kier alpha value is -3.68. The molecule has 1 aromatic carbocycles. The fourth-order valence-corrected chi connectivity index (χ4v) is 5.10. The molecule has 41 heavy (non-hydrogen) atoms. The Morgan fingerprint density at radius 3 is 2.66 bits per heavy atom. The van der Waals surface area contributed by atoms with Crippen LogP contribution in [-0.2, 0) is 25.6 Å². The highest BCUT2D eigenvalue weighted by atomic mass is 19.1. The van der Waals surface area contributed by atoms with Crippen molar-refractivity contribution in [2.45, 2.75) is 44.9 Å². The number of amides is 2. The average molecular weight is 570 g/mol. The third-order valence-electron chi connectivity index (χ3n) is 7.26. The molecule has 0 saturated carbocycles. The molecule has 2 amide bonds. The molecule has 1 N–H and O–H groups in total. The highest BCUT2D eigenvalue weighted by molar-refractivity contribution is 5.88. The molecule has 0 aliphatic carbocycles. The normalized spacial score (nSPS) is 18.3. The van der Waals surface area contributed by atoms with Crippen LogP contribution in [0.2, 0.25) is 0 Å². The number of morpholine rings is 1. The van der Waals surface area contributed by atoms with E-state index in [4.69, 9.17) is 13.9 Å². The zero-order chi connectivity index (χ0) is 28.6. The van der Waals surface area contributed by atoms with Crippen LogP contribution in [0.3, 0.4) is 0 Å². The van der Waals surface area contributed by atoms with Crippen LogP contribution in [0.15, 0.2) is 40.8 Å². The van der Waals surface area contributed by atoms with Crippen LogP contribution in [0.1, 0.15) is 36.6 Å². The lowest BCUT2D eigenvalue weighted by atomic mass is 10.0. The van der Waals surface area contributed by atoms with Gasteiger partial charge in [0.2, 0.25) is 17.6 Å². The molecular formula is C28H36FN7O5. The fraction of sp³-hybridized carbons (Fsp3) is 0.536. The Morgan fingerprint density at radius 2 is 1.95 bits per heavy atom. The number of aromatic nitrogens is 4. The van der Waals surface area contributed by atoms with Crippen molar-refractivity contribution in [2.75, 3.05) is 52.5 Å². The monoisotopic (exact) mass is 569 g/mol. The van der Waals surface area contributed by atoms with Gasteiger partial charge < -0.3 is 24.1 Å². The number of hydrogen-bond donors (Lipinski definition) is 1. The number of aryl methyl sites for hydroxylation is 1. The minimum atomic E-state index is -0.982. The zero-order valence-corrected chi connectivity index (χ0v) is 23.2. The van der Waals surface area contributed by atoms with Gasteiger partial charge in [-0.3, -0.25) is 14.5 Å². The number of furan rings is 1. The third-order valence-corrected chi connectivity index (χ3v) is 7.26. The second-order valence-electron chi connectivity index (χ2n) is 10.3. The van der Waals surface area contributed by atoms with E-state index in [1.807, 2.05) is 6.92 Å². The minimum absolute atomic E-state index is 0.0682. The molecule has 12 nitrogen and oxygen atoms in total. The van der Waals surface area contributed by atoms with Gasteiger partial charge in [0, 0.05) is 39.3 Å². The molecule has 0 bridgehead atoms. The Bertz CT molecular complexity index is 1280. The van der Waals surface area contributed by atoms with Crippen LogP contribution in [-0.4, -0.2) is 100 Å². The smallest absolute Gasteiger partial charge is 0.247 e. The first-order chi connectivity index (χ1) is 20.0. The Kier molecular flexibility index (Phi) is 9.70. The number of tetrazole rings is 1. The Morgan fingerprint density at radius 1 is 1.15 bits per heavy atom. The van der Waals surface area contributed by atoms with Crippen LogP contribution in [0, 0.1) is 12.7 Å². The van der Waals surface area contributed by atoms with Crippen LogP contribution < -0.4 is 5.32 Å².